The van der Waals surface area contributed by atoms with Gasteiger partial charge in [0.15, 0.2) is 0 Å². The number of carbonyl (C=O) groups is 1. The zero-order valence-corrected chi connectivity index (χ0v) is 17.1. The molecule has 0 saturated carbocycles. The fourth-order valence-corrected chi connectivity index (χ4v) is 5.13. The van der Waals surface area contributed by atoms with Gasteiger partial charge in [-0.2, -0.15) is 0 Å². The molecule has 5 heteroatoms. The third kappa shape index (κ3) is 4.40. The van der Waals surface area contributed by atoms with Crippen LogP contribution in [0, 0.1) is 19.8 Å². The summed E-state index contributed by atoms with van der Waals surface area (Å²) in [6.07, 6.45) is 7.06. The number of carbonyl (C=O) groups excluding carboxylic acids is 1. The van der Waals surface area contributed by atoms with E-state index < -0.39 is 0 Å². The number of piperidine rings is 2. The van der Waals surface area contributed by atoms with Crippen molar-refractivity contribution in [1.29, 1.82) is 0 Å². The Kier molecular flexibility index (Phi) is 5.88. The Morgan fingerprint density at radius 2 is 1.78 bits per heavy atom. The van der Waals surface area contributed by atoms with Gasteiger partial charge in [-0.3, -0.25) is 14.6 Å². The summed E-state index contributed by atoms with van der Waals surface area (Å²) in [6, 6.07) is 2.83. The standard InChI is InChI=1S/C22H35N3O2/c1-17-14-21(27-18(17)2)16-23-12-7-20(8-13-23)25-11-5-6-19(15-25)22(26)24-9-3-4-10-24/h14,19-20H,3-13,15-16H2,1-2H3/t19-/m0/s1. The van der Waals surface area contributed by atoms with Crippen molar-refractivity contribution < 1.29 is 9.21 Å². The second-order valence-corrected chi connectivity index (χ2v) is 8.83. The van der Waals surface area contributed by atoms with Crippen LogP contribution in [-0.4, -0.2) is 65.9 Å². The second-order valence-electron chi connectivity index (χ2n) is 8.83. The molecule has 1 amide bonds. The molecule has 5 nitrogen and oxygen atoms in total. The number of likely N-dealkylation sites (tertiary alicyclic amines) is 3. The Balaban J connectivity index is 1.26. The molecule has 3 aliphatic rings. The van der Waals surface area contributed by atoms with Crippen LogP contribution in [0.3, 0.4) is 0 Å². The molecule has 4 heterocycles. The molecule has 0 aliphatic carbocycles. The maximum Gasteiger partial charge on any atom is 0.226 e. The average Bonchev–Trinajstić information content (AvgIpc) is 3.32. The minimum Gasteiger partial charge on any atom is -0.465 e. The lowest BCUT2D eigenvalue weighted by Crippen LogP contribution is -2.50. The summed E-state index contributed by atoms with van der Waals surface area (Å²) >= 11 is 0. The summed E-state index contributed by atoms with van der Waals surface area (Å²) < 4.78 is 5.86. The van der Waals surface area contributed by atoms with E-state index in [0.29, 0.717) is 11.9 Å². The van der Waals surface area contributed by atoms with Crippen LogP contribution in [0.15, 0.2) is 10.5 Å². The van der Waals surface area contributed by atoms with Crippen LogP contribution in [-0.2, 0) is 11.3 Å². The smallest absolute Gasteiger partial charge is 0.226 e. The van der Waals surface area contributed by atoms with Gasteiger partial charge in [-0.15, -0.1) is 0 Å². The van der Waals surface area contributed by atoms with Gasteiger partial charge in [0.2, 0.25) is 5.91 Å². The Morgan fingerprint density at radius 3 is 2.44 bits per heavy atom. The van der Waals surface area contributed by atoms with Crippen LogP contribution in [0.25, 0.3) is 0 Å². The molecule has 150 valence electrons. The average molecular weight is 374 g/mol. The Labute approximate surface area is 163 Å². The molecule has 4 rings (SSSR count). The van der Waals surface area contributed by atoms with E-state index in [1.54, 1.807) is 0 Å². The third-order valence-electron chi connectivity index (χ3n) is 6.89. The first-order chi connectivity index (χ1) is 13.1. The number of furan rings is 1. The van der Waals surface area contributed by atoms with Gasteiger partial charge < -0.3 is 9.32 Å². The molecule has 3 fully saturated rings. The lowest BCUT2D eigenvalue weighted by atomic mass is 9.93. The minimum atomic E-state index is 0.240. The predicted molar refractivity (Wildman–Crippen MR) is 107 cm³/mol. The largest absolute Gasteiger partial charge is 0.465 e. The number of hydrogen-bond acceptors (Lipinski definition) is 4. The lowest BCUT2D eigenvalue weighted by molar-refractivity contribution is -0.136. The molecule has 3 saturated heterocycles. The highest BCUT2D eigenvalue weighted by Crippen LogP contribution is 2.27. The van der Waals surface area contributed by atoms with E-state index in [-0.39, 0.29) is 5.92 Å². The fourth-order valence-electron chi connectivity index (χ4n) is 5.13. The molecule has 0 unspecified atom stereocenters. The molecule has 1 aromatic heterocycles. The maximum absolute atomic E-state index is 12.8. The van der Waals surface area contributed by atoms with Gasteiger partial charge in [-0.1, -0.05) is 0 Å². The topological polar surface area (TPSA) is 39.9 Å². The number of rotatable bonds is 4. The highest BCUT2D eigenvalue weighted by Gasteiger charge is 2.34. The van der Waals surface area contributed by atoms with Crippen LogP contribution >= 0.6 is 0 Å². The molecular formula is C22H35N3O2. The van der Waals surface area contributed by atoms with Gasteiger partial charge in [0.1, 0.15) is 11.5 Å². The van der Waals surface area contributed by atoms with Gasteiger partial charge in [0.25, 0.3) is 0 Å². The van der Waals surface area contributed by atoms with Gasteiger partial charge in [0, 0.05) is 38.8 Å². The number of aryl methyl sites for hydroxylation is 2. The summed E-state index contributed by atoms with van der Waals surface area (Å²) in [4.78, 5) is 20.1. The van der Waals surface area contributed by atoms with E-state index in [2.05, 4.69) is 27.7 Å². The van der Waals surface area contributed by atoms with Crippen LogP contribution in [0.1, 0.15) is 55.6 Å². The quantitative estimate of drug-likeness (QED) is 0.813. The SMILES string of the molecule is Cc1cc(CN2CCC(N3CCC[C@H](C(=O)N4CCCC4)C3)CC2)oc1C. The van der Waals surface area contributed by atoms with E-state index in [4.69, 9.17) is 4.42 Å². The van der Waals surface area contributed by atoms with Crippen molar-refractivity contribution in [2.24, 2.45) is 5.92 Å². The molecule has 0 radical (unpaired) electrons. The van der Waals surface area contributed by atoms with E-state index in [9.17, 15) is 4.79 Å². The van der Waals surface area contributed by atoms with Crippen molar-refractivity contribution in [1.82, 2.24) is 14.7 Å². The first-order valence-electron chi connectivity index (χ1n) is 10.9. The van der Waals surface area contributed by atoms with Gasteiger partial charge in [-0.25, -0.2) is 0 Å². The van der Waals surface area contributed by atoms with Gasteiger partial charge in [0.05, 0.1) is 12.5 Å². The Hall–Kier alpha value is -1.33. The monoisotopic (exact) mass is 373 g/mol. The molecule has 27 heavy (non-hydrogen) atoms. The molecule has 0 N–H and O–H groups in total. The fraction of sp³-hybridized carbons (Fsp3) is 0.773. The van der Waals surface area contributed by atoms with Crippen LogP contribution < -0.4 is 0 Å². The van der Waals surface area contributed by atoms with Crippen molar-refractivity contribution in [3.63, 3.8) is 0 Å². The van der Waals surface area contributed by atoms with E-state index >= 15 is 0 Å². The minimum absolute atomic E-state index is 0.240. The number of nitrogens with zero attached hydrogens (tertiary/aromatic N) is 3. The molecule has 1 aromatic rings. The van der Waals surface area contributed by atoms with Crippen LogP contribution in [0.5, 0.6) is 0 Å². The highest BCUT2D eigenvalue weighted by molar-refractivity contribution is 5.79. The zero-order chi connectivity index (χ0) is 18.8. The van der Waals surface area contributed by atoms with Crippen molar-refractivity contribution in [3.05, 3.63) is 23.2 Å². The third-order valence-corrected chi connectivity index (χ3v) is 6.89. The molecule has 0 aromatic carbocycles. The van der Waals surface area contributed by atoms with Crippen LogP contribution in [0.2, 0.25) is 0 Å². The van der Waals surface area contributed by atoms with Crippen molar-refractivity contribution in [2.45, 2.75) is 65.0 Å². The summed E-state index contributed by atoms with van der Waals surface area (Å²) in [6.45, 7) is 11.5. The highest BCUT2D eigenvalue weighted by atomic mass is 16.3. The van der Waals surface area contributed by atoms with Crippen molar-refractivity contribution >= 4 is 5.91 Å². The Morgan fingerprint density at radius 1 is 1.04 bits per heavy atom. The first-order valence-corrected chi connectivity index (χ1v) is 10.9. The number of amides is 1. The molecule has 0 spiro atoms. The van der Waals surface area contributed by atoms with Gasteiger partial charge >= 0.3 is 0 Å². The molecule has 3 aliphatic heterocycles. The second kappa shape index (κ2) is 8.36. The first kappa shape index (κ1) is 19.0. The molecule has 0 bridgehead atoms. The Bertz CT molecular complexity index is 622. The summed E-state index contributed by atoms with van der Waals surface area (Å²) in [5, 5.41) is 0. The lowest BCUT2D eigenvalue weighted by Gasteiger charge is -2.42. The van der Waals surface area contributed by atoms with Crippen molar-refractivity contribution in [2.75, 3.05) is 39.3 Å². The summed E-state index contributed by atoms with van der Waals surface area (Å²) in [7, 11) is 0. The van der Waals surface area contributed by atoms with E-state index in [1.807, 2.05) is 6.92 Å². The molecule has 1 atom stereocenters. The molecular weight excluding hydrogens is 338 g/mol. The van der Waals surface area contributed by atoms with Crippen LogP contribution in [0.4, 0.5) is 0 Å². The zero-order valence-electron chi connectivity index (χ0n) is 17.1. The van der Waals surface area contributed by atoms with Crippen molar-refractivity contribution in [3.8, 4) is 0 Å². The maximum atomic E-state index is 12.8. The number of hydrogen-bond donors (Lipinski definition) is 0. The predicted octanol–water partition coefficient (Wildman–Crippen LogP) is 3.20. The summed E-state index contributed by atoms with van der Waals surface area (Å²) in [5.74, 6) is 2.81. The summed E-state index contributed by atoms with van der Waals surface area (Å²) in [5.41, 5.74) is 1.25. The van der Waals surface area contributed by atoms with Gasteiger partial charge in [-0.05, 0) is 70.5 Å². The van der Waals surface area contributed by atoms with E-state index in [1.165, 1.54) is 44.2 Å². The van der Waals surface area contributed by atoms with E-state index in [0.717, 1.165) is 57.2 Å². The normalized spacial score (nSPS) is 26.0.